The average molecular weight is 302 g/mol. The van der Waals surface area contributed by atoms with E-state index >= 15 is 0 Å². The van der Waals surface area contributed by atoms with Crippen molar-refractivity contribution in [3.63, 3.8) is 0 Å². The summed E-state index contributed by atoms with van der Waals surface area (Å²) in [4.78, 5) is 12.4. The minimum Gasteiger partial charge on any atom is -0.494 e. The van der Waals surface area contributed by atoms with E-state index in [1.165, 1.54) is 11.3 Å². The molecule has 21 heavy (non-hydrogen) atoms. The Kier molecular flexibility index (Phi) is 5.51. The van der Waals surface area contributed by atoms with Crippen LogP contribution in [0.3, 0.4) is 0 Å². The van der Waals surface area contributed by atoms with E-state index in [2.05, 4.69) is 17.5 Å². The van der Waals surface area contributed by atoms with Crippen LogP contribution in [0.15, 0.2) is 46.9 Å². The fraction of sp³-hybridized carbons (Fsp3) is 0.250. The van der Waals surface area contributed by atoms with Crippen LogP contribution in [0.5, 0.6) is 5.75 Å². The Balaban J connectivity index is 1.97. The monoisotopic (exact) mass is 302 g/mol. The van der Waals surface area contributed by atoms with Gasteiger partial charge in [-0.15, -0.1) is 11.3 Å². The summed E-state index contributed by atoms with van der Waals surface area (Å²) in [5.41, 5.74) is 4.26. The second kappa shape index (κ2) is 7.59. The highest BCUT2D eigenvalue weighted by Crippen LogP contribution is 2.13. The van der Waals surface area contributed by atoms with Crippen molar-refractivity contribution in [3.05, 3.63) is 52.2 Å². The van der Waals surface area contributed by atoms with Gasteiger partial charge < -0.3 is 4.74 Å². The summed E-state index contributed by atoms with van der Waals surface area (Å²) in [7, 11) is 0. The van der Waals surface area contributed by atoms with Gasteiger partial charge in [0.25, 0.3) is 5.91 Å². The number of hydrogen-bond acceptors (Lipinski definition) is 4. The third-order valence-corrected chi connectivity index (χ3v) is 3.68. The molecule has 0 aliphatic rings. The Hall–Kier alpha value is -2.14. The number of hydrazone groups is 1. The number of thiophene rings is 1. The summed E-state index contributed by atoms with van der Waals surface area (Å²) >= 11 is 1.39. The Morgan fingerprint density at radius 1 is 1.29 bits per heavy atom. The van der Waals surface area contributed by atoms with Crippen molar-refractivity contribution in [1.29, 1.82) is 0 Å². The van der Waals surface area contributed by atoms with Crippen molar-refractivity contribution in [1.82, 2.24) is 5.43 Å². The molecule has 0 atom stereocenters. The van der Waals surface area contributed by atoms with Crippen LogP contribution >= 0.6 is 11.3 Å². The first-order valence-electron chi connectivity index (χ1n) is 6.82. The first-order chi connectivity index (χ1) is 10.2. The van der Waals surface area contributed by atoms with Gasteiger partial charge in [-0.2, -0.15) is 5.10 Å². The smallest absolute Gasteiger partial charge is 0.281 e. The molecule has 1 aromatic heterocycles. The number of carbonyl (C=O) groups excluding carboxylic acids is 1. The molecule has 1 amide bonds. The molecule has 0 saturated heterocycles. The largest absolute Gasteiger partial charge is 0.494 e. The van der Waals surface area contributed by atoms with Gasteiger partial charge >= 0.3 is 0 Å². The number of benzene rings is 1. The Bertz CT molecular complexity index is 604. The predicted molar refractivity (Wildman–Crippen MR) is 86.2 cm³/mol. The molecule has 2 aromatic rings. The average Bonchev–Trinajstić information content (AvgIpc) is 3.05. The molecule has 0 saturated carbocycles. The molecule has 0 aliphatic carbocycles. The van der Waals surface area contributed by atoms with Crippen molar-refractivity contribution in [2.75, 3.05) is 6.61 Å². The van der Waals surface area contributed by atoms with Gasteiger partial charge in [0.15, 0.2) is 0 Å². The normalized spacial score (nSPS) is 11.2. The maximum Gasteiger partial charge on any atom is 0.281 e. The topological polar surface area (TPSA) is 50.7 Å². The molecule has 0 aliphatic heterocycles. The van der Waals surface area contributed by atoms with Crippen molar-refractivity contribution in [2.45, 2.75) is 20.3 Å². The number of hydrogen-bond donors (Lipinski definition) is 1. The number of amides is 1. The lowest BCUT2D eigenvalue weighted by atomic mass is 10.1. The van der Waals surface area contributed by atoms with Crippen LogP contribution in [0.1, 0.15) is 35.5 Å². The molecule has 0 fully saturated rings. The van der Waals surface area contributed by atoms with Crippen LogP contribution in [-0.2, 0) is 0 Å². The number of ether oxygens (including phenoxy) is 1. The molecular weight excluding hydrogens is 284 g/mol. The van der Waals surface area contributed by atoms with E-state index < -0.39 is 0 Å². The quantitative estimate of drug-likeness (QED) is 0.653. The van der Waals surface area contributed by atoms with Crippen LogP contribution in [0, 0.1) is 0 Å². The summed E-state index contributed by atoms with van der Waals surface area (Å²) in [6, 6.07) is 11.3. The molecule has 0 radical (unpaired) electrons. The first-order valence-corrected chi connectivity index (χ1v) is 7.70. The SMILES string of the molecule is CCCOc1ccc(/C(C)=N/NC(=O)c2cccs2)cc1. The van der Waals surface area contributed by atoms with E-state index in [-0.39, 0.29) is 5.91 Å². The molecule has 1 heterocycles. The van der Waals surface area contributed by atoms with Crippen molar-refractivity contribution in [2.24, 2.45) is 5.10 Å². The molecule has 5 heteroatoms. The van der Waals surface area contributed by atoms with Crippen LogP contribution in [0.25, 0.3) is 0 Å². The lowest BCUT2D eigenvalue weighted by Crippen LogP contribution is -2.18. The highest BCUT2D eigenvalue weighted by molar-refractivity contribution is 7.12. The zero-order valence-corrected chi connectivity index (χ0v) is 12.9. The fourth-order valence-electron chi connectivity index (χ4n) is 1.67. The van der Waals surface area contributed by atoms with E-state index in [9.17, 15) is 4.79 Å². The van der Waals surface area contributed by atoms with Gasteiger partial charge in [0, 0.05) is 0 Å². The summed E-state index contributed by atoms with van der Waals surface area (Å²) in [5, 5.41) is 5.99. The van der Waals surface area contributed by atoms with Crippen molar-refractivity contribution < 1.29 is 9.53 Å². The highest BCUT2D eigenvalue weighted by Gasteiger charge is 2.05. The minimum atomic E-state index is -0.188. The van der Waals surface area contributed by atoms with Gasteiger partial charge in [0.2, 0.25) is 0 Å². The minimum absolute atomic E-state index is 0.188. The first kappa shape index (κ1) is 15.3. The maximum absolute atomic E-state index is 11.8. The molecule has 0 spiro atoms. The van der Waals surface area contributed by atoms with Crippen molar-refractivity contribution in [3.8, 4) is 5.75 Å². The lowest BCUT2D eigenvalue weighted by molar-refractivity contribution is 0.0959. The predicted octanol–water partition coefficient (Wildman–Crippen LogP) is 3.69. The van der Waals surface area contributed by atoms with Crippen LogP contribution in [0.2, 0.25) is 0 Å². The van der Waals surface area contributed by atoms with Gasteiger partial charge in [-0.1, -0.05) is 13.0 Å². The van der Waals surface area contributed by atoms with E-state index in [4.69, 9.17) is 4.74 Å². The zero-order chi connectivity index (χ0) is 15.1. The van der Waals surface area contributed by atoms with Gasteiger partial charge in [0.1, 0.15) is 5.75 Å². The van der Waals surface area contributed by atoms with Gasteiger partial charge in [-0.05, 0) is 54.6 Å². The molecule has 1 N–H and O–H groups in total. The van der Waals surface area contributed by atoms with Crippen LogP contribution in [-0.4, -0.2) is 18.2 Å². The second-order valence-corrected chi connectivity index (χ2v) is 5.44. The number of rotatable bonds is 6. The molecule has 110 valence electrons. The summed E-state index contributed by atoms with van der Waals surface area (Å²) in [6.45, 7) is 4.64. The number of nitrogens with one attached hydrogen (secondary N) is 1. The third kappa shape index (κ3) is 4.43. The van der Waals surface area contributed by atoms with E-state index in [0.29, 0.717) is 11.5 Å². The lowest BCUT2D eigenvalue weighted by Gasteiger charge is -2.06. The molecule has 2 rings (SSSR count). The number of carbonyl (C=O) groups is 1. The molecule has 0 bridgehead atoms. The van der Waals surface area contributed by atoms with Crippen molar-refractivity contribution >= 4 is 23.0 Å². The van der Waals surface area contributed by atoms with Crippen LogP contribution in [0.4, 0.5) is 0 Å². The van der Waals surface area contributed by atoms with E-state index in [0.717, 1.165) is 23.4 Å². The van der Waals surface area contributed by atoms with Gasteiger partial charge in [0.05, 0.1) is 17.2 Å². The summed E-state index contributed by atoms with van der Waals surface area (Å²) < 4.78 is 5.53. The third-order valence-electron chi connectivity index (χ3n) is 2.82. The maximum atomic E-state index is 11.8. The Morgan fingerprint density at radius 2 is 2.05 bits per heavy atom. The molecule has 4 nitrogen and oxygen atoms in total. The Labute approximate surface area is 128 Å². The fourth-order valence-corrected chi connectivity index (χ4v) is 2.29. The van der Waals surface area contributed by atoms with Gasteiger partial charge in [-0.25, -0.2) is 5.43 Å². The standard InChI is InChI=1S/C16H18N2O2S/c1-3-10-20-14-8-6-13(7-9-14)12(2)17-18-16(19)15-5-4-11-21-15/h4-9,11H,3,10H2,1-2H3,(H,18,19)/b17-12+. The summed E-state index contributed by atoms with van der Waals surface area (Å²) in [5.74, 6) is 0.656. The molecular formula is C16H18N2O2S. The molecule has 1 aromatic carbocycles. The second-order valence-electron chi connectivity index (χ2n) is 4.49. The zero-order valence-electron chi connectivity index (χ0n) is 12.1. The van der Waals surface area contributed by atoms with E-state index in [1.54, 1.807) is 6.07 Å². The summed E-state index contributed by atoms with van der Waals surface area (Å²) in [6.07, 6.45) is 0.983. The van der Waals surface area contributed by atoms with Gasteiger partial charge in [-0.3, -0.25) is 4.79 Å². The number of nitrogens with zero attached hydrogens (tertiary/aromatic N) is 1. The Morgan fingerprint density at radius 3 is 2.67 bits per heavy atom. The van der Waals surface area contributed by atoms with Crippen LogP contribution < -0.4 is 10.2 Å². The van der Waals surface area contributed by atoms with E-state index in [1.807, 2.05) is 42.6 Å². The highest BCUT2D eigenvalue weighted by atomic mass is 32.1. The molecule has 0 unspecified atom stereocenters.